The minimum Gasteiger partial charge on any atom is -0.465 e. The maximum atomic E-state index is 13.7. The molecule has 0 spiro atoms. The third kappa shape index (κ3) is 4.54. The first-order chi connectivity index (χ1) is 15.9. The molecule has 1 N–H and O–H groups in total. The summed E-state index contributed by atoms with van der Waals surface area (Å²) in [5.74, 6) is -1.01. The molecule has 7 heteroatoms. The summed E-state index contributed by atoms with van der Waals surface area (Å²) in [6.07, 6.45) is 0. The quantitative estimate of drug-likeness (QED) is 0.517. The number of nitrogens with one attached hydrogen (secondary N) is 1. The second-order valence-corrected chi connectivity index (χ2v) is 9.41. The highest BCUT2D eigenvalue weighted by Crippen LogP contribution is 2.44. The lowest BCUT2D eigenvalue weighted by Crippen LogP contribution is -2.47. The van der Waals surface area contributed by atoms with Crippen LogP contribution < -0.4 is 5.32 Å². The molecule has 0 radical (unpaired) electrons. The van der Waals surface area contributed by atoms with Crippen molar-refractivity contribution >= 4 is 34.8 Å². The van der Waals surface area contributed by atoms with Crippen LogP contribution in [0.5, 0.6) is 0 Å². The Kier molecular flexibility index (Phi) is 6.60. The number of fused-ring (bicyclic) bond motifs is 1. The van der Waals surface area contributed by atoms with E-state index in [0.717, 1.165) is 10.4 Å². The number of methoxy groups -OCH3 is 1. The van der Waals surface area contributed by atoms with E-state index in [9.17, 15) is 14.4 Å². The van der Waals surface area contributed by atoms with Gasteiger partial charge in [0.05, 0.1) is 24.6 Å². The summed E-state index contributed by atoms with van der Waals surface area (Å²) in [6.45, 7) is 4.68. The molecule has 0 unspecified atom stereocenters. The average Bonchev–Trinajstić information content (AvgIpc) is 3.35. The van der Waals surface area contributed by atoms with Crippen LogP contribution in [0.1, 0.15) is 57.0 Å². The zero-order valence-electron chi connectivity index (χ0n) is 18.8. The van der Waals surface area contributed by atoms with Gasteiger partial charge in [0.25, 0.3) is 5.91 Å². The van der Waals surface area contributed by atoms with Gasteiger partial charge in [-0.25, -0.2) is 4.79 Å². The summed E-state index contributed by atoms with van der Waals surface area (Å²) < 4.78 is 4.74. The largest absolute Gasteiger partial charge is 0.465 e. The molecule has 33 heavy (non-hydrogen) atoms. The van der Waals surface area contributed by atoms with Crippen LogP contribution in [0.2, 0.25) is 0 Å². The fraction of sp³-hybridized carbons (Fsp3) is 0.269. The van der Waals surface area contributed by atoms with E-state index < -0.39 is 17.9 Å². The summed E-state index contributed by atoms with van der Waals surface area (Å²) in [6, 6.07) is 17.5. The molecule has 1 aliphatic rings. The summed E-state index contributed by atoms with van der Waals surface area (Å²) in [7, 11) is 1.33. The van der Waals surface area contributed by atoms with Crippen LogP contribution in [0.4, 0.5) is 5.69 Å². The smallest absolute Gasteiger partial charge is 0.337 e. The number of thiophene rings is 1. The van der Waals surface area contributed by atoms with Crippen molar-refractivity contribution in [2.24, 2.45) is 5.92 Å². The lowest BCUT2D eigenvalue weighted by atomic mass is 9.81. The van der Waals surface area contributed by atoms with E-state index in [-0.39, 0.29) is 17.7 Å². The van der Waals surface area contributed by atoms with Crippen LogP contribution >= 0.6 is 11.3 Å². The van der Waals surface area contributed by atoms with Gasteiger partial charge in [-0.2, -0.15) is 0 Å². The van der Waals surface area contributed by atoms with Crippen LogP contribution in [0.3, 0.4) is 0 Å². The minimum atomic E-state index is -0.573. The van der Waals surface area contributed by atoms with Gasteiger partial charge < -0.3 is 15.0 Å². The Balaban J connectivity index is 1.74. The van der Waals surface area contributed by atoms with Crippen LogP contribution in [0.15, 0.2) is 66.0 Å². The second-order valence-electron chi connectivity index (χ2n) is 8.43. The van der Waals surface area contributed by atoms with Crippen molar-refractivity contribution in [3.05, 3.63) is 87.6 Å². The van der Waals surface area contributed by atoms with Gasteiger partial charge in [0.1, 0.15) is 0 Å². The number of amides is 2. The maximum Gasteiger partial charge on any atom is 0.337 e. The monoisotopic (exact) mass is 462 g/mol. The fourth-order valence-corrected chi connectivity index (χ4v) is 5.15. The Bertz CT molecular complexity index is 1160. The van der Waals surface area contributed by atoms with Gasteiger partial charge in [0, 0.05) is 22.7 Å². The molecule has 2 heterocycles. The zero-order valence-corrected chi connectivity index (χ0v) is 19.6. The van der Waals surface area contributed by atoms with Crippen molar-refractivity contribution in [2.45, 2.75) is 25.8 Å². The third-order valence-electron chi connectivity index (χ3n) is 5.69. The molecule has 0 bridgehead atoms. The van der Waals surface area contributed by atoms with Crippen molar-refractivity contribution in [1.82, 2.24) is 4.90 Å². The molecule has 2 atom stereocenters. The number of carbonyl (C=O) groups is 3. The number of benzene rings is 2. The number of carbonyl (C=O) groups excluding carboxylic acids is 3. The van der Waals surface area contributed by atoms with Gasteiger partial charge in [-0.1, -0.05) is 38.1 Å². The average molecular weight is 463 g/mol. The molecular weight excluding hydrogens is 436 g/mol. The minimum absolute atomic E-state index is 0.0517. The Labute approximate surface area is 197 Å². The molecule has 2 amide bonds. The van der Waals surface area contributed by atoms with E-state index in [4.69, 9.17) is 4.74 Å². The normalized spacial score (nSPS) is 17.6. The van der Waals surface area contributed by atoms with Gasteiger partial charge in [-0.05, 0) is 53.3 Å². The van der Waals surface area contributed by atoms with Crippen molar-refractivity contribution in [2.75, 3.05) is 19.0 Å². The summed E-state index contributed by atoms with van der Waals surface area (Å²) in [5.41, 5.74) is 2.27. The molecule has 2 aromatic carbocycles. The van der Waals surface area contributed by atoms with Gasteiger partial charge in [0.15, 0.2) is 0 Å². The van der Waals surface area contributed by atoms with E-state index in [1.807, 2.05) is 40.6 Å². The predicted octanol–water partition coefficient (Wildman–Crippen LogP) is 5.11. The first-order valence-corrected chi connectivity index (χ1v) is 11.7. The topological polar surface area (TPSA) is 75.7 Å². The van der Waals surface area contributed by atoms with Crippen molar-refractivity contribution < 1.29 is 19.1 Å². The molecular formula is C26H26N2O4S. The highest BCUT2D eigenvalue weighted by Gasteiger charge is 2.44. The molecule has 170 valence electrons. The molecule has 1 aliphatic heterocycles. The number of rotatable bonds is 6. The molecule has 3 aromatic rings. The van der Waals surface area contributed by atoms with Gasteiger partial charge in [0.2, 0.25) is 5.91 Å². The van der Waals surface area contributed by atoms with Crippen molar-refractivity contribution in [3.63, 3.8) is 0 Å². The number of esters is 1. The number of hydrogen-bond acceptors (Lipinski definition) is 5. The lowest BCUT2D eigenvalue weighted by molar-refractivity contribution is -0.119. The first-order valence-electron chi connectivity index (χ1n) is 10.8. The van der Waals surface area contributed by atoms with Gasteiger partial charge >= 0.3 is 5.97 Å². The number of hydrogen-bond donors (Lipinski definition) is 1. The van der Waals surface area contributed by atoms with E-state index >= 15 is 0 Å². The maximum absolute atomic E-state index is 13.7. The van der Waals surface area contributed by atoms with E-state index in [1.165, 1.54) is 7.11 Å². The lowest BCUT2D eigenvalue weighted by Gasteiger charge is -2.42. The van der Waals surface area contributed by atoms with Crippen molar-refractivity contribution in [1.29, 1.82) is 0 Å². The molecule has 0 aliphatic carbocycles. The summed E-state index contributed by atoms with van der Waals surface area (Å²) in [4.78, 5) is 41.7. The second kappa shape index (κ2) is 9.58. The van der Waals surface area contributed by atoms with Crippen molar-refractivity contribution in [3.8, 4) is 0 Å². The van der Waals surface area contributed by atoms with Crippen LogP contribution in [0, 0.1) is 5.92 Å². The Morgan fingerprint density at radius 1 is 1.06 bits per heavy atom. The Morgan fingerprint density at radius 2 is 1.79 bits per heavy atom. The molecule has 6 nitrogen and oxygen atoms in total. The molecule has 0 saturated carbocycles. The standard InChI is InChI=1S/C26H26N2O4S/c1-16(2)15-28-23(21-9-6-14-33-21)22(19-7-4-5-8-20(19)25(28)30)24(29)27-18-12-10-17(11-13-18)26(31)32-3/h4-14,16,22-23H,15H2,1-3H3,(H,27,29)/t22-,23-/m0/s1. The highest BCUT2D eigenvalue weighted by molar-refractivity contribution is 7.10. The zero-order chi connectivity index (χ0) is 23.5. The number of nitrogens with zero attached hydrogens (tertiary/aromatic N) is 1. The summed E-state index contributed by atoms with van der Waals surface area (Å²) in [5, 5.41) is 4.96. The third-order valence-corrected chi connectivity index (χ3v) is 6.63. The Hall–Kier alpha value is -3.45. The van der Waals surface area contributed by atoms with Gasteiger partial charge in [-0.15, -0.1) is 11.3 Å². The highest BCUT2D eigenvalue weighted by atomic mass is 32.1. The molecule has 1 aromatic heterocycles. The van der Waals surface area contributed by atoms with Crippen LogP contribution in [0.25, 0.3) is 0 Å². The number of anilines is 1. The van der Waals surface area contributed by atoms with E-state index in [0.29, 0.717) is 23.4 Å². The molecule has 4 rings (SSSR count). The van der Waals surface area contributed by atoms with E-state index in [1.54, 1.807) is 41.7 Å². The molecule has 0 saturated heterocycles. The van der Waals surface area contributed by atoms with Crippen LogP contribution in [-0.4, -0.2) is 36.3 Å². The molecule has 0 fully saturated rings. The number of ether oxygens (including phenoxy) is 1. The Morgan fingerprint density at radius 3 is 2.42 bits per heavy atom. The van der Waals surface area contributed by atoms with E-state index in [2.05, 4.69) is 19.2 Å². The van der Waals surface area contributed by atoms with Gasteiger partial charge in [-0.3, -0.25) is 9.59 Å². The predicted molar refractivity (Wildman–Crippen MR) is 129 cm³/mol. The summed E-state index contributed by atoms with van der Waals surface area (Å²) >= 11 is 1.55. The van der Waals surface area contributed by atoms with Crippen LogP contribution in [-0.2, 0) is 9.53 Å². The first kappa shape index (κ1) is 22.7. The fourth-order valence-electron chi connectivity index (χ4n) is 4.27. The SMILES string of the molecule is COC(=O)c1ccc(NC(=O)[C@H]2c3ccccc3C(=O)N(CC(C)C)[C@H]2c2cccs2)cc1.